The quantitative estimate of drug-likeness (QED) is 0.641. The molecule has 0 aliphatic carbocycles. The summed E-state index contributed by atoms with van der Waals surface area (Å²) in [5, 5.41) is 34.2. The van der Waals surface area contributed by atoms with Crippen molar-refractivity contribution in [1.29, 1.82) is 0 Å². The molecule has 0 bridgehead atoms. The van der Waals surface area contributed by atoms with E-state index in [-0.39, 0.29) is 21.8 Å². The summed E-state index contributed by atoms with van der Waals surface area (Å²) in [7, 11) is -3.92. The van der Waals surface area contributed by atoms with Crippen molar-refractivity contribution in [2.24, 2.45) is 5.14 Å². The molecule has 0 aliphatic heterocycles. The van der Waals surface area contributed by atoms with Gasteiger partial charge in [-0.25, -0.2) is 18.4 Å². The number of carboxylic acids is 1. The summed E-state index contributed by atoms with van der Waals surface area (Å²) in [6.45, 7) is 0. The topological polar surface area (TPSA) is 138 Å². The molecule has 0 aliphatic rings. The number of rotatable bonds is 4. The van der Waals surface area contributed by atoms with Crippen molar-refractivity contribution in [2.75, 3.05) is 0 Å². The minimum Gasteiger partial charge on any atom is -0.508 e. The third-order valence-corrected chi connectivity index (χ3v) is 4.12. The normalized spacial score (nSPS) is 14.3. The molecule has 5 N–H and O–H groups in total. The standard InChI is InChI=1S/C14H13NO6S/c15-22(20,21)12-7-3-10(4-8-12)14(19,13(17)18)9-1-5-11(16)6-2-9/h1-8,16,19H,(H,17,18)(H2,15,20,21). The number of hydrogen-bond acceptors (Lipinski definition) is 5. The largest absolute Gasteiger partial charge is 0.508 e. The summed E-state index contributed by atoms with van der Waals surface area (Å²) in [5.74, 6) is -1.62. The molecule has 22 heavy (non-hydrogen) atoms. The Hall–Kier alpha value is -2.42. The van der Waals surface area contributed by atoms with Crippen molar-refractivity contribution in [1.82, 2.24) is 0 Å². The lowest BCUT2D eigenvalue weighted by molar-refractivity contribution is -0.155. The van der Waals surface area contributed by atoms with Gasteiger partial charge in [-0.2, -0.15) is 0 Å². The van der Waals surface area contributed by atoms with Crippen LogP contribution in [-0.2, 0) is 20.4 Å². The van der Waals surface area contributed by atoms with Gasteiger partial charge in [0.15, 0.2) is 0 Å². The van der Waals surface area contributed by atoms with Crippen LogP contribution in [0.5, 0.6) is 5.75 Å². The van der Waals surface area contributed by atoms with Crippen molar-refractivity contribution >= 4 is 16.0 Å². The Morgan fingerprint density at radius 1 is 0.955 bits per heavy atom. The first kappa shape index (κ1) is 16.0. The molecular formula is C14H13NO6S. The van der Waals surface area contributed by atoms with Gasteiger partial charge in [-0.1, -0.05) is 24.3 Å². The van der Waals surface area contributed by atoms with E-state index in [0.717, 1.165) is 12.1 Å². The highest BCUT2D eigenvalue weighted by Gasteiger charge is 2.40. The summed E-state index contributed by atoms with van der Waals surface area (Å²) in [5.41, 5.74) is -2.41. The van der Waals surface area contributed by atoms with E-state index in [9.17, 15) is 28.5 Å². The van der Waals surface area contributed by atoms with E-state index in [0.29, 0.717) is 0 Å². The molecule has 0 amide bonds. The van der Waals surface area contributed by atoms with E-state index in [1.165, 1.54) is 36.4 Å². The number of phenolic OH excluding ortho intramolecular Hbond substituents is 1. The van der Waals surface area contributed by atoms with Crippen LogP contribution in [-0.4, -0.2) is 29.7 Å². The lowest BCUT2D eigenvalue weighted by Gasteiger charge is -2.24. The number of carboxylic acid groups (broad SMARTS) is 1. The zero-order valence-corrected chi connectivity index (χ0v) is 12.0. The monoisotopic (exact) mass is 323 g/mol. The van der Waals surface area contributed by atoms with Crippen molar-refractivity contribution in [3.8, 4) is 5.75 Å². The average Bonchev–Trinajstić information content (AvgIpc) is 2.46. The number of aromatic hydroxyl groups is 1. The molecule has 1 unspecified atom stereocenters. The smallest absolute Gasteiger partial charge is 0.345 e. The van der Waals surface area contributed by atoms with Gasteiger partial charge < -0.3 is 15.3 Å². The third-order valence-electron chi connectivity index (χ3n) is 3.20. The number of phenols is 1. The number of hydrogen-bond donors (Lipinski definition) is 4. The van der Waals surface area contributed by atoms with Gasteiger partial charge in [-0.15, -0.1) is 0 Å². The Bertz CT molecular complexity index is 798. The molecule has 2 aromatic carbocycles. The van der Waals surface area contributed by atoms with E-state index >= 15 is 0 Å². The first-order valence-electron chi connectivity index (χ1n) is 6.04. The Morgan fingerprint density at radius 2 is 1.36 bits per heavy atom. The number of carbonyl (C=O) groups is 1. The van der Waals surface area contributed by atoms with Crippen LogP contribution in [0.15, 0.2) is 53.4 Å². The van der Waals surface area contributed by atoms with Gasteiger partial charge in [-0.05, 0) is 35.4 Å². The number of nitrogens with two attached hydrogens (primary N) is 1. The molecule has 1 atom stereocenters. The zero-order chi connectivity index (χ0) is 16.5. The molecule has 0 aromatic heterocycles. The molecule has 0 saturated heterocycles. The summed E-state index contributed by atoms with van der Waals surface area (Å²) in [6.07, 6.45) is 0. The molecule has 0 radical (unpaired) electrons. The van der Waals surface area contributed by atoms with E-state index < -0.39 is 21.6 Å². The van der Waals surface area contributed by atoms with Crippen LogP contribution in [0.2, 0.25) is 0 Å². The van der Waals surface area contributed by atoms with Gasteiger partial charge in [0.05, 0.1) is 4.90 Å². The van der Waals surface area contributed by atoms with E-state index in [2.05, 4.69) is 0 Å². The van der Waals surface area contributed by atoms with Crippen molar-refractivity contribution in [3.05, 3.63) is 59.7 Å². The van der Waals surface area contributed by atoms with Gasteiger partial charge in [0.25, 0.3) is 0 Å². The zero-order valence-electron chi connectivity index (χ0n) is 11.2. The van der Waals surface area contributed by atoms with Gasteiger partial charge in [0.2, 0.25) is 15.6 Å². The number of primary sulfonamides is 1. The van der Waals surface area contributed by atoms with Crippen LogP contribution in [0.25, 0.3) is 0 Å². The van der Waals surface area contributed by atoms with Gasteiger partial charge in [-0.3, -0.25) is 0 Å². The van der Waals surface area contributed by atoms with Gasteiger partial charge in [0, 0.05) is 0 Å². The third kappa shape index (κ3) is 2.80. The van der Waals surface area contributed by atoms with Crippen molar-refractivity contribution < 1.29 is 28.5 Å². The predicted octanol–water partition coefficient (Wildman–Crippen LogP) is 0.360. The van der Waals surface area contributed by atoms with Crippen LogP contribution in [0.1, 0.15) is 11.1 Å². The van der Waals surface area contributed by atoms with E-state index in [1.54, 1.807) is 0 Å². The molecule has 0 heterocycles. The Kier molecular flexibility index (Phi) is 3.92. The van der Waals surface area contributed by atoms with Crippen LogP contribution in [0.3, 0.4) is 0 Å². The highest BCUT2D eigenvalue weighted by molar-refractivity contribution is 7.89. The minimum atomic E-state index is -3.92. The molecule has 8 heteroatoms. The Labute approximate surface area is 126 Å². The fourth-order valence-electron chi connectivity index (χ4n) is 2.00. The second-order valence-electron chi connectivity index (χ2n) is 4.63. The van der Waals surface area contributed by atoms with Gasteiger partial charge in [0.1, 0.15) is 5.75 Å². The van der Waals surface area contributed by atoms with Crippen LogP contribution >= 0.6 is 0 Å². The lowest BCUT2D eigenvalue weighted by Crippen LogP contribution is -2.36. The molecule has 116 valence electrons. The summed E-state index contributed by atoms with van der Waals surface area (Å²) >= 11 is 0. The Balaban J connectivity index is 2.57. The molecule has 0 fully saturated rings. The molecule has 2 aromatic rings. The van der Waals surface area contributed by atoms with Crippen molar-refractivity contribution in [2.45, 2.75) is 10.5 Å². The minimum absolute atomic E-state index is 0.0150. The summed E-state index contributed by atoms with van der Waals surface area (Å²) in [6, 6.07) is 9.55. The maximum Gasteiger partial charge on any atom is 0.345 e. The van der Waals surface area contributed by atoms with E-state index in [4.69, 9.17) is 5.14 Å². The molecule has 7 nitrogen and oxygen atoms in total. The maximum absolute atomic E-state index is 11.5. The predicted molar refractivity (Wildman–Crippen MR) is 76.6 cm³/mol. The highest BCUT2D eigenvalue weighted by Crippen LogP contribution is 2.31. The van der Waals surface area contributed by atoms with Crippen LogP contribution in [0, 0.1) is 0 Å². The molecule has 0 spiro atoms. The number of benzene rings is 2. The maximum atomic E-state index is 11.5. The number of sulfonamides is 1. The summed E-state index contributed by atoms with van der Waals surface area (Å²) in [4.78, 5) is 11.3. The fourth-order valence-corrected chi connectivity index (χ4v) is 2.52. The Morgan fingerprint density at radius 3 is 1.73 bits per heavy atom. The fraction of sp³-hybridized carbons (Fsp3) is 0.0714. The highest BCUT2D eigenvalue weighted by atomic mass is 32.2. The second kappa shape index (κ2) is 5.41. The van der Waals surface area contributed by atoms with Crippen LogP contribution in [0.4, 0.5) is 0 Å². The molecule has 2 rings (SSSR count). The van der Waals surface area contributed by atoms with E-state index in [1.807, 2.05) is 0 Å². The average molecular weight is 323 g/mol. The first-order chi connectivity index (χ1) is 10.2. The first-order valence-corrected chi connectivity index (χ1v) is 7.59. The van der Waals surface area contributed by atoms with Gasteiger partial charge >= 0.3 is 5.97 Å². The second-order valence-corrected chi connectivity index (χ2v) is 6.19. The number of aliphatic hydroxyl groups is 1. The summed E-state index contributed by atoms with van der Waals surface area (Å²) < 4.78 is 22.4. The molecular weight excluding hydrogens is 310 g/mol. The van der Waals surface area contributed by atoms with Crippen LogP contribution < -0.4 is 5.14 Å². The van der Waals surface area contributed by atoms with Crippen molar-refractivity contribution in [3.63, 3.8) is 0 Å². The lowest BCUT2D eigenvalue weighted by atomic mass is 9.86. The molecule has 0 saturated carbocycles. The SMILES string of the molecule is NS(=O)(=O)c1ccc(C(O)(C(=O)O)c2ccc(O)cc2)cc1. The number of aliphatic carboxylic acids is 1.